The number of hydrogen-bond donors (Lipinski definition) is 1. The second kappa shape index (κ2) is 6.20. The van der Waals surface area contributed by atoms with Crippen molar-refractivity contribution in [3.8, 4) is 5.75 Å². The first-order valence-electron chi connectivity index (χ1n) is 6.09. The van der Waals surface area contributed by atoms with Gasteiger partial charge in [-0.25, -0.2) is 8.78 Å². The van der Waals surface area contributed by atoms with Gasteiger partial charge in [-0.1, -0.05) is 17.7 Å². The largest absolute Gasteiger partial charge is 0.486 e. The molecule has 2 aromatic rings. The molecule has 0 aromatic heterocycles. The van der Waals surface area contributed by atoms with Crippen LogP contribution >= 0.6 is 11.6 Å². The summed E-state index contributed by atoms with van der Waals surface area (Å²) in [5, 5.41) is 0.374. The Morgan fingerprint density at radius 2 is 1.95 bits per heavy atom. The molecule has 2 nitrogen and oxygen atoms in total. The summed E-state index contributed by atoms with van der Waals surface area (Å²) in [6, 6.07) is 8.21. The molecule has 0 bridgehead atoms. The van der Waals surface area contributed by atoms with Gasteiger partial charge in [0.25, 0.3) is 0 Å². The van der Waals surface area contributed by atoms with Crippen LogP contribution in [0.15, 0.2) is 36.4 Å². The van der Waals surface area contributed by atoms with Crippen molar-refractivity contribution in [2.45, 2.75) is 19.6 Å². The molecule has 5 heteroatoms. The molecule has 0 heterocycles. The van der Waals surface area contributed by atoms with Crippen LogP contribution in [0.4, 0.5) is 8.78 Å². The third-order valence-electron chi connectivity index (χ3n) is 2.87. The van der Waals surface area contributed by atoms with E-state index in [1.165, 1.54) is 30.3 Å². The van der Waals surface area contributed by atoms with Crippen LogP contribution in [0.25, 0.3) is 0 Å². The van der Waals surface area contributed by atoms with Crippen molar-refractivity contribution in [1.82, 2.24) is 0 Å². The van der Waals surface area contributed by atoms with E-state index in [0.29, 0.717) is 16.1 Å². The molecule has 1 atom stereocenters. The standard InChI is InChI=1S/C15H14ClF2NO/c1-9(19)10-2-5-15(14(18)7-10)20-8-11-6-12(17)3-4-13(11)16/h2-7,9H,8,19H2,1H3/t9-/m0/s1. The van der Waals surface area contributed by atoms with Gasteiger partial charge in [0.1, 0.15) is 12.4 Å². The molecule has 0 aliphatic heterocycles. The van der Waals surface area contributed by atoms with E-state index < -0.39 is 11.6 Å². The van der Waals surface area contributed by atoms with Crippen molar-refractivity contribution in [3.63, 3.8) is 0 Å². The highest BCUT2D eigenvalue weighted by Crippen LogP contribution is 2.24. The molecule has 0 unspecified atom stereocenters. The molecule has 20 heavy (non-hydrogen) atoms. The van der Waals surface area contributed by atoms with Crippen LogP contribution in [0.3, 0.4) is 0 Å². The Kier molecular flexibility index (Phi) is 4.57. The molecule has 106 valence electrons. The van der Waals surface area contributed by atoms with Gasteiger partial charge in [-0.05, 0) is 42.8 Å². The third kappa shape index (κ3) is 3.46. The van der Waals surface area contributed by atoms with Crippen LogP contribution in [-0.4, -0.2) is 0 Å². The fraction of sp³-hybridized carbons (Fsp3) is 0.200. The minimum Gasteiger partial charge on any atom is -0.486 e. The summed E-state index contributed by atoms with van der Waals surface area (Å²) in [5.74, 6) is -0.845. The van der Waals surface area contributed by atoms with E-state index >= 15 is 0 Å². The SMILES string of the molecule is C[C@H](N)c1ccc(OCc2cc(F)ccc2Cl)c(F)c1. The van der Waals surface area contributed by atoms with E-state index in [4.69, 9.17) is 22.1 Å². The lowest BCUT2D eigenvalue weighted by Crippen LogP contribution is -2.06. The van der Waals surface area contributed by atoms with Crippen molar-refractivity contribution in [3.05, 3.63) is 64.2 Å². The molecular weight excluding hydrogens is 284 g/mol. The molecular formula is C15H14ClF2NO. The summed E-state index contributed by atoms with van der Waals surface area (Å²) in [6.07, 6.45) is 0. The third-order valence-corrected chi connectivity index (χ3v) is 3.24. The zero-order valence-electron chi connectivity index (χ0n) is 10.9. The van der Waals surface area contributed by atoms with Crippen LogP contribution in [0.1, 0.15) is 24.1 Å². The molecule has 2 N–H and O–H groups in total. The normalized spacial score (nSPS) is 12.2. The Balaban J connectivity index is 2.13. The Morgan fingerprint density at radius 3 is 2.60 bits per heavy atom. The van der Waals surface area contributed by atoms with E-state index in [1.807, 2.05) is 0 Å². The van der Waals surface area contributed by atoms with E-state index in [-0.39, 0.29) is 18.4 Å². The van der Waals surface area contributed by atoms with E-state index in [0.717, 1.165) is 0 Å². The van der Waals surface area contributed by atoms with Gasteiger partial charge in [-0.2, -0.15) is 0 Å². The molecule has 0 amide bonds. The van der Waals surface area contributed by atoms with Gasteiger partial charge in [0, 0.05) is 16.6 Å². The van der Waals surface area contributed by atoms with Crippen LogP contribution in [0.2, 0.25) is 5.02 Å². The summed E-state index contributed by atoms with van der Waals surface area (Å²) in [5.41, 5.74) is 6.81. The topological polar surface area (TPSA) is 35.2 Å². The van der Waals surface area contributed by atoms with Gasteiger partial charge in [0.05, 0.1) is 0 Å². The molecule has 0 aliphatic rings. The smallest absolute Gasteiger partial charge is 0.165 e. The number of rotatable bonds is 4. The first-order valence-corrected chi connectivity index (χ1v) is 6.47. The van der Waals surface area contributed by atoms with Crippen molar-refractivity contribution < 1.29 is 13.5 Å². The Bertz CT molecular complexity index is 617. The molecule has 0 aliphatic carbocycles. The zero-order chi connectivity index (χ0) is 14.7. The minimum absolute atomic E-state index is 0.00889. The van der Waals surface area contributed by atoms with Crippen molar-refractivity contribution >= 4 is 11.6 Å². The second-order valence-corrected chi connectivity index (χ2v) is 4.91. The van der Waals surface area contributed by atoms with Crippen LogP contribution in [0, 0.1) is 11.6 Å². The van der Waals surface area contributed by atoms with Gasteiger partial charge >= 0.3 is 0 Å². The molecule has 0 spiro atoms. The molecule has 0 saturated heterocycles. The summed E-state index contributed by atoms with van der Waals surface area (Å²) < 4.78 is 32.2. The lowest BCUT2D eigenvalue weighted by atomic mass is 10.1. The molecule has 0 fully saturated rings. The van der Waals surface area contributed by atoms with Crippen LogP contribution < -0.4 is 10.5 Å². The van der Waals surface area contributed by atoms with E-state index in [1.54, 1.807) is 13.0 Å². The number of hydrogen-bond acceptors (Lipinski definition) is 2. The molecule has 2 rings (SSSR count). The second-order valence-electron chi connectivity index (χ2n) is 4.50. The lowest BCUT2D eigenvalue weighted by Gasteiger charge is -2.11. The van der Waals surface area contributed by atoms with Crippen LogP contribution in [-0.2, 0) is 6.61 Å². The highest BCUT2D eigenvalue weighted by Gasteiger charge is 2.09. The molecule has 0 saturated carbocycles. The van der Waals surface area contributed by atoms with Gasteiger partial charge in [-0.15, -0.1) is 0 Å². The summed E-state index contributed by atoms with van der Waals surface area (Å²) in [4.78, 5) is 0. The number of ether oxygens (including phenoxy) is 1. The Morgan fingerprint density at radius 1 is 1.20 bits per heavy atom. The zero-order valence-corrected chi connectivity index (χ0v) is 11.6. The van der Waals surface area contributed by atoms with Gasteiger partial charge in [-0.3, -0.25) is 0 Å². The fourth-order valence-corrected chi connectivity index (χ4v) is 1.90. The van der Waals surface area contributed by atoms with Crippen molar-refractivity contribution in [2.24, 2.45) is 5.73 Å². The molecule has 0 radical (unpaired) electrons. The monoisotopic (exact) mass is 297 g/mol. The Hall–Kier alpha value is -1.65. The first-order chi connectivity index (χ1) is 9.47. The van der Waals surface area contributed by atoms with E-state index in [9.17, 15) is 8.78 Å². The summed E-state index contributed by atoms with van der Waals surface area (Å²) >= 11 is 5.91. The predicted molar refractivity (Wildman–Crippen MR) is 74.7 cm³/mol. The lowest BCUT2D eigenvalue weighted by molar-refractivity contribution is 0.289. The van der Waals surface area contributed by atoms with Crippen molar-refractivity contribution in [2.75, 3.05) is 0 Å². The predicted octanol–water partition coefficient (Wildman–Crippen LogP) is 4.22. The van der Waals surface area contributed by atoms with Crippen molar-refractivity contribution in [1.29, 1.82) is 0 Å². The highest BCUT2D eigenvalue weighted by atomic mass is 35.5. The maximum Gasteiger partial charge on any atom is 0.165 e. The first kappa shape index (κ1) is 14.8. The van der Waals surface area contributed by atoms with Gasteiger partial charge in [0.15, 0.2) is 11.6 Å². The quantitative estimate of drug-likeness (QED) is 0.917. The van der Waals surface area contributed by atoms with Gasteiger partial charge < -0.3 is 10.5 Å². The van der Waals surface area contributed by atoms with Crippen LogP contribution in [0.5, 0.6) is 5.75 Å². The molecule has 2 aromatic carbocycles. The highest BCUT2D eigenvalue weighted by molar-refractivity contribution is 6.31. The van der Waals surface area contributed by atoms with E-state index in [2.05, 4.69) is 0 Å². The number of nitrogens with two attached hydrogens (primary N) is 1. The maximum atomic E-state index is 13.8. The summed E-state index contributed by atoms with van der Waals surface area (Å²) in [6.45, 7) is 1.76. The minimum atomic E-state index is -0.507. The Labute approximate surface area is 121 Å². The number of benzene rings is 2. The fourth-order valence-electron chi connectivity index (χ4n) is 1.73. The maximum absolute atomic E-state index is 13.8. The van der Waals surface area contributed by atoms with Gasteiger partial charge in [0.2, 0.25) is 0 Å². The number of halogens is 3. The average Bonchev–Trinajstić information content (AvgIpc) is 2.40. The summed E-state index contributed by atoms with van der Waals surface area (Å²) in [7, 11) is 0. The average molecular weight is 298 g/mol.